The molecule has 7 heteroatoms. The number of aryl methyl sites for hydroxylation is 1. The van der Waals surface area contributed by atoms with Crippen molar-refractivity contribution in [2.45, 2.75) is 18.2 Å². The second-order valence-electron chi connectivity index (χ2n) is 5.09. The lowest BCUT2D eigenvalue weighted by Gasteiger charge is -2.07. The topological polar surface area (TPSA) is 63.2 Å². The number of nitrogens with one attached hydrogen (secondary N) is 1. The number of amides is 1. The van der Waals surface area contributed by atoms with Gasteiger partial charge in [0.1, 0.15) is 11.6 Å². The Morgan fingerprint density at radius 1 is 1.04 bits per heavy atom. The number of hydrogen-bond donors (Lipinski definition) is 1. The van der Waals surface area contributed by atoms with Gasteiger partial charge in [0.25, 0.3) is 0 Å². The Balaban J connectivity index is 1.99. The van der Waals surface area contributed by atoms with E-state index in [1.807, 2.05) is 6.92 Å². The van der Waals surface area contributed by atoms with Crippen molar-refractivity contribution in [2.24, 2.45) is 0 Å². The van der Waals surface area contributed by atoms with Crippen LogP contribution >= 0.6 is 0 Å². The number of benzene rings is 2. The highest BCUT2D eigenvalue weighted by atomic mass is 32.2. The van der Waals surface area contributed by atoms with Crippen molar-refractivity contribution < 1.29 is 22.0 Å². The smallest absolute Gasteiger partial charge is 0.225 e. The average Bonchev–Trinajstić information content (AvgIpc) is 2.44. The zero-order valence-electron chi connectivity index (χ0n) is 12.3. The van der Waals surface area contributed by atoms with Crippen molar-refractivity contribution in [3.63, 3.8) is 0 Å². The Labute approximate surface area is 133 Å². The van der Waals surface area contributed by atoms with Crippen LogP contribution in [0.4, 0.5) is 14.5 Å². The fourth-order valence-corrected chi connectivity index (χ4v) is 3.18. The van der Waals surface area contributed by atoms with Crippen molar-refractivity contribution in [1.82, 2.24) is 0 Å². The molecular formula is C16H15F2NO3S. The zero-order chi connectivity index (χ0) is 17.0. The third-order valence-corrected chi connectivity index (χ3v) is 4.86. The molecule has 0 fully saturated rings. The Kier molecular flexibility index (Phi) is 5.10. The van der Waals surface area contributed by atoms with Crippen molar-refractivity contribution in [3.05, 3.63) is 59.7 Å². The molecule has 0 aliphatic rings. The summed E-state index contributed by atoms with van der Waals surface area (Å²) in [6.07, 6.45) is -0.311. The number of hydrogen-bond acceptors (Lipinski definition) is 3. The quantitative estimate of drug-likeness (QED) is 0.910. The molecule has 2 aromatic carbocycles. The van der Waals surface area contributed by atoms with Crippen LogP contribution in [-0.2, 0) is 14.6 Å². The summed E-state index contributed by atoms with van der Waals surface area (Å²) in [6.45, 7) is 1.84. The molecule has 1 amide bonds. The highest BCUT2D eigenvalue weighted by molar-refractivity contribution is 7.91. The van der Waals surface area contributed by atoms with Gasteiger partial charge in [0, 0.05) is 18.2 Å². The van der Waals surface area contributed by atoms with E-state index in [4.69, 9.17) is 0 Å². The first-order valence-electron chi connectivity index (χ1n) is 6.82. The molecule has 0 spiro atoms. The monoisotopic (exact) mass is 339 g/mol. The highest BCUT2D eigenvalue weighted by Crippen LogP contribution is 2.15. The van der Waals surface area contributed by atoms with E-state index in [0.717, 1.165) is 17.7 Å². The Hall–Kier alpha value is -2.28. The molecule has 0 unspecified atom stereocenters. The minimum atomic E-state index is -3.59. The lowest BCUT2D eigenvalue weighted by Crippen LogP contribution is -2.17. The standard InChI is InChI=1S/C16H15F2NO3S/c1-11-2-4-15(5-3-11)23(21,22)7-6-16(20)19-14-9-12(17)8-13(18)10-14/h2-5,8-10H,6-7H2,1H3,(H,19,20). The van der Waals surface area contributed by atoms with Crippen molar-refractivity contribution in [1.29, 1.82) is 0 Å². The summed E-state index contributed by atoms with van der Waals surface area (Å²) in [5.74, 6) is -2.68. The van der Waals surface area contributed by atoms with Crippen LogP contribution in [0, 0.1) is 18.6 Å². The molecule has 1 N–H and O–H groups in total. The van der Waals surface area contributed by atoms with Gasteiger partial charge in [0.15, 0.2) is 9.84 Å². The summed E-state index contributed by atoms with van der Waals surface area (Å²) in [5, 5.41) is 2.27. The number of rotatable bonds is 5. The maximum atomic E-state index is 13.0. The van der Waals surface area contributed by atoms with Gasteiger partial charge in [0.2, 0.25) is 5.91 Å². The first kappa shape index (κ1) is 17.1. The van der Waals surface area contributed by atoms with Gasteiger partial charge in [-0.1, -0.05) is 17.7 Å². The van der Waals surface area contributed by atoms with Crippen LogP contribution in [0.1, 0.15) is 12.0 Å². The molecule has 0 saturated heterocycles. The molecule has 23 heavy (non-hydrogen) atoms. The molecule has 4 nitrogen and oxygen atoms in total. The summed E-state index contributed by atoms with van der Waals surface area (Å²) < 4.78 is 50.3. The number of sulfone groups is 1. The normalized spacial score (nSPS) is 11.3. The largest absolute Gasteiger partial charge is 0.326 e. The average molecular weight is 339 g/mol. The van der Waals surface area contributed by atoms with Gasteiger partial charge < -0.3 is 5.32 Å². The minimum absolute atomic E-state index is 0.0553. The number of carbonyl (C=O) groups excluding carboxylic acids is 1. The van der Waals surface area contributed by atoms with Crippen molar-refractivity contribution in [2.75, 3.05) is 11.1 Å². The van der Waals surface area contributed by atoms with Crippen molar-refractivity contribution >= 4 is 21.4 Å². The Bertz CT molecular complexity index is 797. The SMILES string of the molecule is Cc1ccc(S(=O)(=O)CCC(=O)Nc2cc(F)cc(F)c2)cc1. The second kappa shape index (κ2) is 6.87. The number of halogens is 2. The second-order valence-corrected chi connectivity index (χ2v) is 7.20. The fraction of sp³-hybridized carbons (Fsp3) is 0.188. The molecule has 2 aromatic rings. The maximum Gasteiger partial charge on any atom is 0.225 e. The number of carbonyl (C=O) groups is 1. The van der Waals surface area contributed by atoms with E-state index < -0.39 is 27.4 Å². The van der Waals surface area contributed by atoms with Gasteiger partial charge in [-0.2, -0.15) is 0 Å². The number of anilines is 1. The van der Waals surface area contributed by atoms with Crippen LogP contribution in [0.5, 0.6) is 0 Å². The zero-order valence-corrected chi connectivity index (χ0v) is 13.2. The van der Waals surface area contributed by atoms with Gasteiger partial charge >= 0.3 is 0 Å². The van der Waals surface area contributed by atoms with E-state index in [0.29, 0.717) is 6.07 Å². The summed E-state index contributed by atoms with van der Waals surface area (Å²) in [7, 11) is -3.59. The van der Waals surface area contributed by atoms with E-state index in [1.165, 1.54) is 12.1 Å². The van der Waals surface area contributed by atoms with E-state index in [2.05, 4.69) is 5.32 Å². The van der Waals surface area contributed by atoms with Gasteiger partial charge in [-0.3, -0.25) is 4.79 Å². The van der Waals surface area contributed by atoms with Crippen LogP contribution in [0.25, 0.3) is 0 Å². The maximum absolute atomic E-state index is 13.0. The van der Waals surface area contributed by atoms with Crippen LogP contribution in [0.15, 0.2) is 47.4 Å². The minimum Gasteiger partial charge on any atom is -0.326 e. The van der Waals surface area contributed by atoms with Crippen molar-refractivity contribution in [3.8, 4) is 0 Å². The summed E-state index contributed by atoms with van der Waals surface area (Å²) >= 11 is 0. The van der Waals surface area contributed by atoms with E-state index in [9.17, 15) is 22.0 Å². The third kappa shape index (κ3) is 4.85. The van der Waals surface area contributed by atoms with Gasteiger partial charge in [-0.15, -0.1) is 0 Å². The summed E-state index contributed by atoms with van der Waals surface area (Å²) in [4.78, 5) is 11.9. The molecule has 0 radical (unpaired) electrons. The molecular weight excluding hydrogens is 324 g/mol. The van der Waals surface area contributed by atoms with E-state index in [1.54, 1.807) is 12.1 Å². The summed E-state index contributed by atoms with van der Waals surface area (Å²) in [5.41, 5.74) is 0.870. The highest BCUT2D eigenvalue weighted by Gasteiger charge is 2.16. The molecule has 0 aromatic heterocycles. The lowest BCUT2D eigenvalue weighted by atomic mass is 10.2. The fourth-order valence-electron chi connectivity index (χ4n) is 1.94. The van der Waals surface area contributed by atoms with Crippen LogP contribution in [-0.4, -0.2) is 20.1 Å². The summed E-state index contributed by atoms with van der Waals surface area (Å²) in [6, 6.07) is 8.88. The molecule has 122 valence electrons. The Morgan fingerprint density at radius 3 is 2.17 bits per heavy atom. The molecule has 0 bridgehead atoms. The van der Waals surface area contributed by atoms with Crippen LogP contribution in [0.2, 0.25) is 0 Å². The Morgan fingerprint density at radius 2 is 1.61 bits per heavy atom. The van der Waals surface area contributed by atoms with Crippen LogP contribution in [0.3, 0.4) is 0 Å². The predicted octanol–water partition coefficient (Wildman–Crippen LogP) is 3.08. The first-order chi connectivity index (χ1) is 10.8. The molecule has 0 heterocycles. The van der Waals surface area contributed by atoms with Gasteiger partial charge in [-0.25, -0.2) is 17.2 Å². The van der Waals surface area contributed by atoms with E-state index in [-0.39, 0.29) is 22.8 Å². The predicted molar refractivity (Wildman–Crippen MR) is 82.8 cm³/mol. The van der Waals surface area contributed by atoms with E-state index >= 15 is 0 Å². The molecule has 2 rings (SSSR count). The van der Waals surface area contributed by atoms with Gasteiger partial charge in [0.05, 0.1) is 10.6 Å². The third-order valence-electron chi connectivity index (χ3n) is 3.12. The van der Waals surface area contributed by atoms with Gasteiger partial charge in [-0.05, 0) is 31.2 Å². The molecule has 0 aliphatic heterocycles. The molecule has 0 saturated carbocycles. The molecule has 0 atom stereocenters. The molecule has 0 aliphatic carbocycles. The lowest BCUT2D eigenvalue weighted by molar-refractivity contribution is -0.115. The first-order valence-corrected chi connectivity index (χ1v) is 8.47. The van der Waals surface area contributed by atoms with Crippen LogP contribution < -0.4 is 5.32 Å².